The Kier molecular flexibility index (Phi) is 4.08. The van der Waals surface area contributed by atoms with Gasteiger partial charge in [0.2, 0.25) is 0 Å². The number of hydrogen-bond donors (Lipinski definition) is 0. The van der Waals surface area contributed by atoms with Gasteiger partial charge in [-0.15, -0.1) is 0 Å². The first-order chi connectivity index (χ1) is 6.20. The van der Waals surface area contributed by atoms with Gasteiger partial charge in [-0.25, -0.2) is 0 Å². The number of hydrogen-bond acceptors (Lipinski definition) is 0. The summed E-state index contributed by atoms with van der Waals surface area (Å²) in [4.78, 5) is 0. The largest absolute Gasteiger partial charge is 0.0840 e. The van der Waals surface area contributed by atoms with E-state index in [0.717, 1.165) is 34.9 Å². The van der Waals surface area contributed by atoms with E-state index in [-0.39, 0.29) is 0 Å². The van der Waals surface area contributed by atoms with Crippen molar-refractivity contribution in [2.24, 2.45) is 0 Å². The van der Waals surface area contributed by atoms with Gasteiger partial charge < -0.3 is 0 Å². The molecule has 2 heteroatoms. The average molecular weight is 217 g/mol. The summed E-state index contributed by atoms with van der Waals surface area (Å²) < 4.78 is 0. The quantitative estimate of drug-likeness (QED) is 0.698. The Hall–Kier alpha value is -0.200. The van der Waals surface area contributed by atoms with Crippen molar-refractivity contribution in [2.45, 2.75) is 33.1 Å². The molecule has 0 unspecified atom stereocenters. The minimum atomic E-state index is 0.785. The molecule has 0 aliphatic heterocycles. The standard InChI is InChI=1S/C11H14Cl2/c1-3-5-8-6-7-10(12)9(4-2)11(8)13/h6-7H,3-5H2,1-2H3. The highest BCUT2D eigenvalue weighted by atomic mass is 35.5. The van der Waals surface area contributed by atoms with Crippen LogP contribution in [-0.2, 0) is 12.8 Å². The minimum Gasteiger partial charge on any atom is -0.0840 e. The van der Waals surface area contributed by atoms with Gasteiger partial charge in [0.15, 0.2) is 0 Å². The molecule has 0 aliphatic carbocycles. The van der Waals surface area contributed by atoms with E-state index < -0.39 is 0 Å². The van der Waals surface area contributed by atoms with Gasteiger partial charge in [0, 0.05) is 10.0 Å². The molecule has 0 bridgehead atoms. The van der Waals surface area contributed by atoms with Gasteiger partial charge >= 0.3 is 0 Å². The normalized spacial score (nSPS) is 10.5. The Morgan fingerprint density at radius 1 is 1.15 bits per heavy atom. The van der Waals surface area contributed by atoms with Gasteiger partial charge in [-0.2, -0.15) is 0 Å². The predicted octanol–water partition coefficient (Wildman–Crippen LogP) is 4.51. The van der Waals surface area contributed by atoms with Gasteiger partial charge in [-0.1, -0.05) is 49.5 Å². The van der Waals surface area contributed by atoms with Crippen LogP contribution >= 0.6 is 23.2 Å². The second kappa shape index (κ2) is 4.88. The molecule has 0 aromatic heterocycles. The lowest BCUT2D eigenvalue weighted by atomic mass is 10.1. The first kappa shape index (κ1) is 10.9. The summed E-state index contributed by atoms with van der Waals surface area (Å²) in [5.41, 5.74) is 2.29. The lowest BCUT2D eigenvalue weighted by Crippen LogP contribution is -1.91. The highest BCUT2D eigenvalue weighted by Crippen LogP contribution is 2.29. The summed E-state index contributed by atoms with van der Waals surface area (Å²) in [6.45, 7) is 4.22. The lowest BCUT2D eigenvalue weighted by Gasteiger charge is -2.08. The van der Waals surface area contributed by atoms with E-state index in [1.165, 1.54) is 5.56 Å². The topological polar surface area (TPSA) is 0 Å². The van der Waals surface area contributed by atoms with Crippen molar-refractivity contribution < 1.29 is 0 Å². The van der Waals surface area contributed by atoms with Crippen LogP contribution in [-0.4, -0.2) is 0 Å². The smallest absolute Gasteiger partial charge is 0.0484 e. The van der Waals surface area contributed by atoms with Crippen molar-refractivity contribution in [3.8, 4) is 0 Å². The maximum absolute atomic E-state index is 6.21. The summed E-state index contributed by atoms with van der Waals surface area (Å²) in [6.07, 6.45) is 3.04. The van der Waals surface area contributed by atoms with Gasteiger partial charge in [0.1, 0.15) is 0 Å². The van der Waals surface area contributed by atoms with E-state index in [1.807, 2.05) is 12.1 Å². The number of aryl methyl sites for hydroxylation is 1. The summed E-state index contributed by atoms with van der Waals surface area (Å²) in [5, 5.41) is 1.64. The molecule has 0 saturated carbocycles. The molecule has 0 spiro atoms. The second-order valence-electron chi connectivity index (χ2n) is 3.10. The van der Waals surface area contributed by atoms with Crippen LogP contribution < -0.4 is 0 Å². The van der Waals surface area contributed by atoms with E-state index in [9.17, 15) is 0 Å². The molecule has 0 amide bonds. The summed E-state index contributed by atoms with van der Waals surface area (Å²) in [5.74, 6) is 0. The monoisotopic (exact) mass is 216 g/mol. The molecule has 1 aromatic carbocycles. The molecule has 0 N–H and O–H groups in total. The third-order valence-corrected chi connectivity index (χ3v) is 2.96. The van der Waals surface area contributed by atoms with Crippen molar-refractivity contribution in [1.82, 2.24) is 0 Å². The van der Waals surface area contributed by atoms with E-state index in [4.69, 9.17) is 23.2 Å². The van der Waals surface area contributed by atoms with Crippen LogP contribution in [0.4, 0.5) is 0 Å². The molecule has 1 aromatic rings. The molecule has 0 saturated heterocycles. The first-order valence-electron chi connectivity index (χ1n) is 4.66. The highest BCUT2D eigenvalue weighted by molar-refractivity contribution is 6.36. The Labute approximate surface area is 89.9 Å². The maximum Gasteiger partial charge on any atom is 0.0484 e. The first-order valence-corrected chi connectivity index (χ1v) is 5.42. The zero-order chi connectivity index (χ0) is 9.84. The van der Waals surface area contributed by atoms with Crippen LogP contribution in [0.15, 0.2) is 12.1 Å². The zero-order valence-electron chi connectivity index (χ0n) is 8.03. The van der Waals surface area contributed by atoms with Gasteiger partial charge in [0.25, 0.3) is 0 Å². The van der Waals surface area contributed by atoms with E-state index in [0.29, 0.717) is 0 Å². The van der Waals surface area contributed by atoms with Crippen molar-refractivity contribution in [3.05, 3.63) is 33.3 Å². The molecular weight excluding hydrogens is 203 g/mol. The van der Waals surface area contributed by atoms with Gasteiger partial charge in [-0.3, -0.25) is 0 Å². The number of rotatable bonds is 3. The molecule has 13 heavy (non-hydrogen) atoms. The van der Waals surface area contributed by atoms with Crippen molar-refractivity contribution in [2.75, 3.05) is 0 Å². The van der Waals surface area contributed by atoms with E-state index >= 15 is 0 Å². The lowest BCUT2D eigenvalue weighted by molar-refractivity contribution is 0.917. The minimum absolute atomic E-state index is 0.785. The van der Waals surface area contributed by atoms with Crippen LogP contribution in [0.1, 0.15) is 31.4 Å². The van der Waals surface area contributed by atoms with E-state index in [1.54, 1.807) is 0 Å². The third kappa shape index (κ3) is 2.38. The fraction of sp³-hybridized carbons (Fsp3) is 0.455. The fourth-order valence-corrected chi connectivity index (χ4v) is 2.17. The van der Waals surface area contributed by atoms with Gasteiger partial charge in [-0.05, 0) is 30.0 Å². The fourth-order valence-electron chi connectivity index (χ4n) is 1.43. The molecule has 0 aliphatic rings. The van der Waals surface area contributed by atoms with Crippen LogP contribution in [0.5, 0.6) is 0 Å². The van der Waals surface area contributed by atoms with Gasteiger partial charge in [0.05, 0.1) is 0 Å². The molecule has 0 heterocycles. The van der Waals surface area contributed by atoms with Crippen molar-refractivity contribution >= 4 is 23.2 Å². The molecule has 0 nitrogen and oxygen atoms in total. The van der Waals surface area contributed by atoms with Crippen LogP contribution in [0.25, 0.3) is 0 Å². The number of halogens is 2. The summed E-state index contributed by atoms with van der Waals surface area (Å²) >= 11 is 12.2. The van der Waals surface area contributed by atoms with Crippen LogP contribution in [0.2, 0.25) is 10.0 Å². The van der Waals surface area contributed by atoms with Crippen LogP contribution in [0, 0.1) is 0 Å². The molecule has 72 valence electrons. The third-order valence-electron chi connectivity index (χ3n) is 2.14. The highest BCUT2D eigenvalue weighted by Gasteiger charge is 2.07. The molecule has 1 rings (SSSR count). The predicted molar refractivity (Wildman–Crippen MR) is 59.8 cm³/mol. The van der Waals surface area contributed by atoms with E-state index in [2.05, 4.69) is 13.8 Å². The Bertz CT molecular complexity index is 292. The second-order valence-corrected chi connectivity index (χ2v) is 3.89. The molecule has 0 radical (unpaired) electrons. The Balaban J connectivity index is 3.11. The summed E-state index contributed by atoms with van der Waals surface area (Å²) in [6, 6.07) is 3.96. The van der Waals surface area contributed by atoms with Crippen LogP contribution in [0.3, 0.4) is 0 Å². The Morgan fingerprint density at radius 3 is 2.38 bits per heavy atom. The maximum atomic E-state index is 6.21. The number of benzene rings is 1. The SMILES string of the molecule is CCCc1ccc(Cl)c(CC)c1Cl. The van der Waals surface area contributed by atoms with Crippen molar-refractivity contribution in [1.29, 1.82) is 0 Å². The molecule has 0 fully saturated rings. The Morgan fingerprint density at radius 2 is 1.85 bits per heavy atom. The van der Waals surface area contributed by atoms with Crippen molar-refractivity contribution in [3.63, 3.8) is 0 Å². The summed E-state index contributed by atoms with van der Waals surface area (Å²) in [7, 11) is 0. The average Bonchev–Trinajstić information content (AvgIpc) is 2.11. The zero-order valence-corrected chi connectivity index (χ0v) is 9.54. The molecule has 0 atom stereocenters. The molecular formula is C11H14Cl2.